The summed E-state index contributed by atoms with van der Waals surface area (Å²) in [6.45, 7) is 1.70. The van der Waals surface area contributed by atoms with Gasteiger partial charge in [0.2, 0.25) is 0 Å². The Balaban J connectivity index is 2.59. The summed E-state index contributed by atoms with van der Waals surface area (Å²) in [5.41, 5.74) is 0.386. The molecule has 3 N–H and O–H groups in total. The molecule has 0 fully saturated rings. The Morgan fingerprint density at radius 1 is 1.37 bits per heavy atom. The van der Waals surface area contributed by atoms with Crippen molar-refractivity contribution in [2.24, 2.45) is 0 Å². The second-order valence-electron chi connectivity index (χ2n) is 3.73. The number of benzene rings is 1. The number of thiocarbonyl (C=S) groups is 1. The molecule has 1 rings (SSSR count). The predicted octanol–water partition coefficient (Wildman–Crippen LogP) is 1.81. The zero-order valence-electron chi connectivity index (χ0n) is 10.1. The number of hydrogen-bond donors (Lipinski definition) is 3. The quantitative estimate of drug-likeness (QED) is 0.739. The van der Waals surface area contributed by atoms with Gasteiger partial charge in [0.15, 0.2) is 5.11 Å². The van der Waals surface area contributed by atoms with Crippen molar-refractivity contribution in [1.82, 2.24) is 10.6 Å². The summed E-state index contributed by atoms with van der Waals surface area (Å²) in [5.74, 6) is -1.44. The molecule has 19 heavy (non-hydrogen) atoms. The third kappa shape index (κ3) is 4.84. The van der Waals surface area contributed by atoms with Crippen LogP contribution in [0.1, 0.15) is 23.7 Å². The van der Waals surface area contributed by atoms with Crippen molar-refractivity contribution in [2.75, 3.05) is 0 Å². The van der Waals surface area contributed by atoms with Crippen LogP contribution in [0.15, 0.2) is 24.3 Å². The third-order valence-electron chi connectivity index (χ3n) is 2.35. The minimum absolute atomic E-state index is 0.0193. The molecule has 0 aromatic heterocycles. The van der Waals surface area contributed by atoms with Gasteiger partial charge in [0.1, 0.15) is 6.04 Å². The highest BCUT2D eigenvalue weighted by Gasteiger charge is 2.17. The SMILES string of the molecule is CCC(NC(=S)NC(=O)c1ccc(Cl)cc1)C(=O)O. The third-order valence-corrected chi connectivity index (χ3v) is 2.82. The average Bonchev–Trinajstić information content (AvgIpc) is 2.36. The topological polar surface area (TPSA) is 78.4 Å². The number of aliphatic carboxylic acids is 1. The van der Waals surface area contributed by atoms with E-state index in [0.29, 0.717) is 17.0 Å². The van der Waals surface area contributed by atoms with Crippen molar-refractivity contribution < 1.29 is 14.7 Å². The molecule has 7 heteroatoms. The van der Waals surface area contributed by atoms with Crippen LogP contribution in [0.3, 0.4) is 0 Å². The second kappa shape index (κ2) is 7.06. The van der Waals surface area contributed by atoms with E-state index in [9.17, 15) is 9.59 Å². The summed E-state index contributed by atoms with van der Waals surface area (Å²) in [6, 6.07) is 5.44. The van der Waals surface area contributed by atoms with Crippen molar-refractivity contribution in [3.05, 3.63) is 34.9 Å². The molecule has 0 radical (unpaired) electrons. The lowest BCUT2D eigenvalue weighted by atomic mass is 10.2. The summed E-state index contributed by atoms with van der Waals surface area (Å²) >= 11 is 10.6. The first-order valence-electron chi connectivity index (χ1n) is 5.54. The molecule has 0 aliphatic heterocycles. The zero-order chi connectivity index (χ0) is 14.4. The lowest BCUT2D eigenvalue weighted by Gasteiger charge is -2.14. The van der Waals surface area contributed by atoms with Crippen molar-refractivity contribution in [2.45, 2.75) is 19.4 Å². The highest BCUT2D eigenvalue weighted by molar-refractivity contribution is 7.80. The molecule has 0 aliphatic carbocycles. The summed E-state index contributed by atoms with van der Waals surface area (Å²) in [4.78, 5) is 22.6. The Hall–Kier alpha value is -1.66. The van der Waals surface area contributed by atoms with Crippen LogP contribution in [-0.2, 0) is 4.79 Å². The molecule has 0 bridgehead atoms. The number of carboxylic acids is 1. The van der Waals surface area contributed by atoms with Gasteiger partial charge in [-0.1, -0.05) is 18.5 Å². The predicted molar refractivity (Wildman–Crippen MR) is 76.4 cm³/mol. The van der Waals surface area contributed by atoms with E-state index in [2.05, 4.69) is 10.6 Å². The van der Waals surface area contributed by atoms with Gasteiger partial charge in [-0.15, -0.1) is 0 Å². The molecule has 1 amide bonds. The minimum Gasteiger partial charge on any atom is -0.480 e. The van der Waals surface area contributed by atoms with E-state index in [1.165, 1.54) is 0 Å². The molecule has 0 saturated heterocycles. The molecule has 1 aromatic carbocycles. The molecule has 0 spiro atoms. The van der Waals surface area contributed by atoms with E-state index in [1.807, 2.05) is 0 Å². The van der Waals surface area contributed by atoms with Gasteiger partial charge in [0, 0.05) is 10.6 Å². The maximum Gasteiger partial charge on any atom is 0.326 e. The summed E-state index contributed by atoms with van der Waals surface area (Å²) in [6.07, 6.45) is 0.353. The van der Waals surface area contributed by atoms with E-state index in [0.717, 1.165) is 0 Å². The maximum atomic E-state index is 11.8. The number of carboxylic acid groups (broad SMARTS) is 1. The first-order valence-corrected chi connectivity index (χ1v) is 6.33. The van der Waals surface area contributed by atoms with Crippen LogP contribution in [-0.4, -0.2) is 28.1 Å². The van der Waals surface area contributed by atoms with E-state index < -0.39 is 17.9 Å². The molecule has 102 valence electrons. The average molecular weight is 301 g/mol. The summed E-state index contributed by atoms with van der Waals surface area (Å²) in [5, 5.41) is 14.3. The fraction of sp³-hybridized carbons (Fsp3) is 0.250. The van der Waals surface area contributed by atoms with Gasteiger partial charge in [-0.3, -0.25) is 10.1 Å². The smallest absolute Gasteiger partial charge is 0.326 e. The molecule has 0 saturated carbocycles. The van der Waals surface area contributed by atoms with E-state index in [-0.39, 0.29) is 5.11 Å². The van der Waals surface area contributed by atoms with E-state index in [1.54, 1.807) is 31.2 Å². The Morgan fingerprint density at radius 3 is 2.42 bits per heavy atom. The molecule has 1 atom stereocenters. The number of rotatable bonds is 4. The second-order valence-corrected chi connectivity index (χ2v) is 4.58. The van der Waals surface area contributed by atoms with Crippen molar-refractivity contribution >= 4 is 40.8 Å². The number of carbonyl (C=O) groups excluding carboxylic acids is 1. The largest absolute Gasteiger partial charge is 0.480 e. The normalized spacial score (nSPS) is 11.5. The van der Waals surface area contributed by atoms with E-state index >= 15 is 0 Å². The zero-order valence-corrected chi connectivity index (χ0v) is 11.7. The molecule has 0 heterocycles. The molecular weight excluding hydrogens is 288 g/mol. The number of nitrogens with one attached hydrogen (secondary N) is 2. The van der Waals surface area contributed by atoms with Gasteiger partial charge in [0.25, 0.3) is 5.91 Å². The van der Waals surface area contributed by atoms with Crippen LogP contribution in [0.4, 0.5) is 0 Å². The van der Waals surface area contributed by atoms with Crippen molar-refractivity contribution in [3.8, 4) is 0 Å². The Morgan fingerprint density at radius 2 is 1.95 bits per heavy atom. The van der Waals surface area contributed by atoms with Gasteiger partial charge in [-0.05, 0) is 42.9 Å². The lowest BCUT2D eigenvalue weighted by molar-refractivity contribution is -0.139. The fourth-order valence-electron chi connectivity index (χ4n) is 1.31. The van der Waals surface area contributed by atoms with E-state index in [4.69, 9.17) is 28.9 Å². The lowest BCUT2D eigenvalue weighted by Crippen LogP contribution is -2.47. The van der Waals surface area contributed by atoms with Crippen LogP contribution in [0.5, 0.6) is 0 Å². The van der Waals surface area contributed by atoms with Crippen LogP contribution < -0.4 is 10.6 Å². The Labute approximate surface area is 121 Å². The van der Waals surface area contributed by atoms with Crippen LogP contribution in [0, 0.1) is 0 Å². The Kier molecular flexibility index (Phi) is 5.72. The summed E-state index contributed by atoms with van der Waals surface area (Å²) < 4.78 is 0. The van der Waals surface area contributed by atoms with Crippen LogP contribution in [0.2, 0.25) is 5.02 Å². The first-order chi connectivity index (χ1) is 8.93. The van der Waals surface area contributed by atoms with Gasteiger partial charge >= 0.3 is 5.97 Å². The highest BCUT2D eigenvalue weighted by atomic mass is 35.5. The molecule has 1 unspecified atom stereocenters. The molecule has 5 nitrogen and oxygen atoms in total. The van der Waals surface area contributed by atoms with Crippen LogP contribution in [0.25, 0.3) is 0 Å². The van der Waals surface area contributed by atoms with Crippen LogP contribution >= 0.6 is 23.8 Å². The van der Waals surface area contributed by atoms with Gasteiger partial charge in [-0.2, -0.15) is 0 Å². The minimum atomic E-state index is -1.02. The molecular formula is C12H13ClN2O3S. The Bertz CT molecular complexity index is 490. The highest BCUT2D eigenvalue weighted by Crippen LogP contribution is 2.09. The number of hydrogen-bond acceptors (Lipinski definition) is 3. The van der Waals surface area contributed by atoms with Gasteiger partial charge in [-0.25, -0.2) is 4.79 Å². The monoisotopic (exact) mass is 300 g/mol. The van der Waals surface area contributed by atoms with Crippen molar-refractivity contribution in [3.63, 3.8) is 0 Å². The van der Waals surface area contributed by atoms with Gasteiger partial charge < -0.3 is 10.4 Å². The molecule has 0 aliphatic rings. The number of amides is 1. The fourth-order valence-corrected chi connectivity index (χ4v) is 1.67. The number of halogens is 1. The first kappa shape index (κ1) is 15.4. The van der Waals surface area contributed by atoms with Crippen molar-refractivity contribution in [1.29, 1.82) is 0 Å². The summed E-state index contributed by atoms with van der Waals surface area (Å²) in [7, 11) is 0. The molecule has 1 aromatic rings. The van der Waals surface area contributed by atoms with Gasteiger partial charge in [0.05, 0.1) is 0 Å². The number of carbonyl (C=O) groups is 2. The standard InChI is InChI=1S/C12H13ClN2O3S/c1-2-9(11(17)18)14-12(19)15-10(16)7-3-5-8(13)6-4-7/h3-6,9H,2H2,1H3,(H,17,18)(H2,14,15,16,19). The maximum absolute atomic E-state index is 11.8.